The highest BCUT2D eigenvalue weighted by molar-refractivity contribution is 5.69. The van der Waals surface area contributed by atoms with Crippen molar-refractivity contribution < 1.29 is 9.53 Å². The van der Waals surface area contributed by atoms with Crippen molar-refractivity contribution in [3.05, 3.63) is 0 Å². The highest BCUT2D eigenvalue weighted by atomic mass is 16.5. The predicted octanol–water partition coefficient (Wildman–Crippen LogP) is 9.01. The van der Waals surface area contributed by atoms with Crippen LogP contribution in [0.1, 0.15) is 150 Å². The quantitative estimate of drug-likeness (QED) is 0.143. The van der Waals surface area contributed by atoms with Crippen LogP contribution in [0.15, 0.2) is 0 Å². The maximum atomic E-state index is 12.3. The Morgan fingerprint density at radius 1 is 0.607 bits per heavy atom. The van der Waals surface area contributed by atoms with Gasteiger partial charge in [-0.3, -0.25) is 4.79 Å². The van der Waals surface area contributed by atoms with Crippen molar-refractivity contribution in [2.45, 2.75) is 156 Å². The van der Waals surface area contributed by atoms with Gasteiger partial charge in [0.1, 0.15) is 6.10 Å². The Hall–Kier alpha value is -0.530. The van der Waals surface area contributed by atoms with Gasteiger partial charge >= 0.3 is 5.97 Å². The fourth-order valence-electron chi connectivity index (χ4n) is 3.81. The summed E-state index contributed by atoms with van der Waals surface area (Å²) < 4.78 is 5.88. The lowest BCUT2D eigenvalue weighted by Gasteiger charge is -2.18. The van der Waals surface area contributed by atoms with E-state index in [4.69, 9.17) is 4.74 Å². The Balaban J connectivity index is 3.94. The van der Waals surface area contributed by atoms with Crippen molar-refractivity contribution in [1.29, 1.82) is 0 Å². The zero-order chi connectivity index (χ0) is 20.9. The molecule has 0 heterocycles. The largest absolute Gasteiger partial charge is 0.462 e. The van der Waals surface area contributed by atoms with E-state index in [2.05, 4.69) is 27.7 Å². The molecule has 0 N–H and O–H groups in total. The van der Waals surface area contributed by atoms with E-state index in [-0.39, 0.29) is 12.1 Å². The minimum absolute atomic E-state index is 0.0503. The van der Waals surface area contributed by atoms with E-state index >= 15 is 0 Å². The highest BCUT2D eigenvalue weighted by Crippen LogP contribution is 2.18. The molecule has 168 valence electrons. The fourth-order valence-corrected chi connectivity index (χ4v) is 3.81. The van der Waals surface area contributed by atoms with Crippen LogP contribution in [0.3, 0.4) is 0 Å². The number of carbonyl (C=O) groups excluding carboxylic acids is 1. The molecule has 0 aliphatic rings. The second-order valence-electron chi connectivity index (χ2n) is 9.22. The molecule has 0 atom stereocenters. The second kappa shape index (κ2) is 21.2. The standard InChI is InChI=1S/C26H52O2/c1-5-7-9-12-17-21-25(22-18-13-10-8-6-2)28-26(27)23-19-15-11-14-16-20-24(3)4/h24-25H,5-23H2,1-4H3. The van der Waals surface area contributed by atoms with Crippen molar-refractivity contribution in [1.82, 2.24) is 0 Å². The normalized spacial score (nSPS) is 11.5. The predicted molar refractivity (Wildman–Crippen MR) is 124 cm³/mol. The van der Waals surface area contributed by atoms with Crippen molar-refractivity contribution in [3.63, 3.8) is 0 Å². The first-order chi connectivity index (χ1) is 13.6. The van der Waals surface area contributed by atoms with E-state index in [9.17, 15) is 4.79 Å². The van der Waals surface area contributed by atoms with Crippen LogP contribution in [0.2, 0.25) is 0 Å². The van der Waals surface area contributed by atoms with Crippen molar-refractivity contribution in [3.8, 4) is 0 Å². The van der Waals surface area contributed by atoms with Gasteiger partial charge in [0.05, 0.1) is 0 Å². The van der Waals surface area contributed by atoms with E-state index in [0.717, 1.165) is 25.2 Å². The number of carbonyl (C=O) groups is 1. The SMILES string of the molecule is CCCCCCCC(CCCCCCC)OC(=O)CCCCCCCC(C)C. The minimum Gasteiger partial charge on any atom is -0.462 e. The van der Waals surface area contributed by atoms with Crippen molar-refractivity contribution >= 4 is 5.97 Å². The molecule has 0 rings (SSSR count). The summed E-state index contributed by atoms with van der Waals surface area (Å²) in [5.74, 6) is 0.866. The molecule has 0 aromatic rings. The zero-order valence-corrected chi connectivity index (χ0v) is 19.9. The molecule has 0 unspecified atom stereocenters. The first-order valence-electron chi connectivity index (χ1n) is 12.8. The van der Waals surface area contributed by atoms with Gasteiger partial charge in [-0.05, 0) is 38.0 Å². The summed E-state index contributed by atoms with van der Waals surface area (Å²) in [6.07, 6.45) is 23.2. The van der Waals surface area contributed by atoms with Gasteiger partial charge in [0.2, 0.25) is 0 Å². The molecule has 28 heavy (non-hydrogen) atoms. The number of hydrogen-bond donors (Lipinski definition) is 0. The molecule has 0 fully saturated rings. The molecule has 0 amide bonds. The monoisotopic (exact) mass is 396 g/mol. The summed E-state index contributed by atoms with van der Waals surface area (Å²) in [5, 5.41) is 0. The molecule has 2 nitrogen and oxygen atoms in total. The molecule has 0 saturated carbocycles. The van der Waals surface area contributed by atoms with Crippen LogP contribution in [-0.2, 0) is 9.53 Å². The molecule has 0 saturated heterocycles. The molecule has 0 aliphatic heterocycles. The Morgan fingerprint density at radius 2 is 1.04 bits per heavy atom. The van der Waals surface area contributed by atoms with E-state index in [0.29, 0.717) is 6.42 Å². The molecule has 0 bridgehead atoms. The average molecular weight is 397 g/mol. The van der Waals surface area contributed by atoms with Crippen LogP contribution in [0.25, 0.3) is 0 Å². The van der Waals surface area contributed by atoms with Crippen LogP contribution < -0.4 is 0 Å². The van der Waals surface area contributed by atoms with Gasteiger partial charge in [-0.2, -0.15) is 0 Å². The lowest BCUT2D eigenvalue weighted by molar-refractivity contribution is -0.150. The Morgan fingerprint density at radius 3 is 1.54 bits per heavy atom. The molecule has 0 spiro atoms. The maximum absolute atomic E-state index is 12.3. The smallest absolute Gasteiger partial charge is 0.306 e. The second-order valence-corrected chi connectivity index (χ2v) is 9.22. The summed E-state index contributed by atoms with van der Waals surface area (Å²) in [5.41, 5.74) is 0. The number of hydrogen-bond acceptors (Lipinski definition) is 2. The van der Waals surface area contributed by atoms with Crippen LogP contribution in [0.5, 0.6) is 0 Å². The Labute approximate surface area is 177 Å². The number of rotatable bonds is 21. The van der Waals surface area contributed by atoms with Crippen LogP contribution in [0.4, 0.5) is 0 Å². The summed E-state index contributed by atoms with van der Waals surface area (Å²) >= 11 is 0. The summed E-state index contributed by atoms with van der Waals surface area (Å²) in [7, 11) is 0. The molecular formula is C26H52O2. The zero-order valence-electron chi connectivity index (χ0n) is 19.9. The van der Waals surface area contributed by atoms with E-state index in [1.165, 1.54) is 96.3 Å². The molecule has 2 heteroatoms. The molecule has 0 aliphatic carbocycles. The first kappa shape index (κ1) is 27.5. The minimum atomic E-state index is 0.0503. The van der Waals surface area contributed by atoms with E-state index < -0.39 is 0 Å². The lowest BCUT2D eigenvalue weighted by Crippen LogP contribution is -2.18. The highest BCUT2D eigenvalue weighted by Gasteiger charge is 2.14. The number of esters is 1. The third-order valence-electron chi connectivity index (χ3n) is 5.72. The van der Waals surface area contributed by atoms with Crippen LogP contribution >= 0.6 is 0 Å². The topological polar surface area (TPSA) is 26.3 Å². The molecular weight excluding hydrogens is 344 g/mol. The number of ether oxygens (including phenoxy) is 1. The third kappa shape index (κ3) is 20.2. The Bertz CT molecular complexity index is 310. The first-order valence-corrected chi connectivity index (χ1v) is 12.8. The van der Waals surface area contributed by atoms with Crippen LogP contribution in [-0.4, -0.2) is 12.1 Å². The number of unbranched alkanes of at least 4 members (excludes halogenated alkanes) is 12. The van der Waals surface area contributed by atoms with E-state index in [1.807, 2.05) is 0 Å². The van der Waals surface area contributed by atoms with Gasteiger partial charge in [-0.1, -0.05) is 111 Å². The van der Waals surface area contributed by atoms with Gasteiger partial charge in [0, 0.05) is 6.42 Å². The van der Waals surface area contributed by atoms with E-state index in [1.54, 1.807) is 0 Å². The van der Waals surface area contributed by atoms with Crippen LogP contribution in [0, 0.1) is 5.92 Å². The van der Waals surface area contributed by atoms with Gasteiger partial charge in [-0.15, -0.1) is 0 Å². The maximum Gasteiger partial charge on any atom is 0.306 e. The van der Waals surface area contributed by atoms with Gasteiger partial charge in [-0.25, -0.2) is 0 Å². The van der Waals surface area contributed by atoms with Crippen molar-refractivity contribution in [2.24, 2.45) is 5.92 Å². The van der Waals surface area contributed by atoms with Gasteiger partial charge in [0.25, 0.3) is 0 Å². The average Bonchev–Trinajstić information content (AvgIpc) is 2.66. The van der Waals surface area contributed by atoms with Crippen molar-refractivity contribution in [2.75, 3.05) is 0 Å². The van der Waals surface area contributed by atoms with Gasteiger partial charge in [0.15, 0.2) is 0 Å². The third-order valence-corrected chi connectivity index (χ3v) is 5.72. The Kier molecular flexibility index (Phi) is 20.8. The molecule has 0 aromatic carbocycles. The molecule has 0 aromatic heterocycles. The lowest BCUT2D eigenvalue weighted by atomic mass is 10.0. The summed E-state index contributed by atoms with van der Waals surface area (Å²) in [6.45, 7) is 9.09. The molecule has 0 radical (unpaired) electrons. The summed E-state index contributed by atoms with van der Waals surface area (Å²) in [4.78, 5) is 12.3. The van der Waals surface area contributed by atoms with Gasteiger partial charge < -0.3 is 4.74 Å². The fraction of sp³-hybridized carbons (Fsp3) is 0.962. The summed E-state index contributed by atoms with van der Waals surface area (Å²) in [6, 6.07) is 0.